The van der Waals surface area contributed by atoms with Crippen LogP contribution < -0.4 is 0 Å². The zero-order valence-corrected chi connectivity index (χ0v) is 10.5. The van der Waals surface area contributed by atoms with Crippen molar-refractivity contribution >= 4 is 16.9 Å². The van der Waals surface area contributed by atoms with Gasteiger partial charge in [0.25, 0.3) is 0 Å². The third-order valence-corrected chi connectivity index (χ3v) is 3.06. The number of nitrogens with one attached hydrogen (secondary N) is 1. The van der Waals surface area contributed by atoms with Crippen LogP contribution in [0, 0.1) is 0 Å². The van der Waals surface area contributed by atoms with E-state index in [4.69, 9.17) is 26.7 Å². The molecule has 2 saturated heterocycles. The maximum atomic E-state index is 13.2. The van der Waals surface area contributed by atoms with Gasteiger partial charge < -0.3 is 14.6 Å². The second-order valence-corrected chi connectivity index (χ2v) is 4.34. The number of esters is 1. The fraction of sp³-hybridized carbons (Fsp3) is 0.471. The highest BCUT2D eigenvalue weighted by atomic mass is 16.5. The van der Waals surface area contributed by atoms with Crippen molar-refractivity contribution in [1.29, 1.82) is 0 Å². The lowest BCUT2D eigenvalue weighted by atomic mass is 10.0. The Hall–Kier alpha value is -1.81. The van der Waals surface area contributed by atoms with Crippen molar-refractivity contribution < 1.29 is 31.5 Å². The number of nitrogens with zero attached hydrogens (tertiary/aromatic N) is 1. The highest BCUT2D eigenvalue weighted by Crippen LogP contribution is 2.35. The van der Waals surface area contributed by atoms with Gasteiger partial charge in [-0.2, -0.15) is 0 Å². The molecule has 110 valence electrons. The largest absolute Gasteiger partial charge is 0.459 e. The first-order valence-electron chi connectivity index (χ1n) is 14.0. The van der Waals surface area contributed by atoms with Crippen molar-refractivity contribution in [2.24, 2.45) is 0 Å². The number of para-hydroxylation sites is 1. The number of benzene rings is 1. The zero-order chi connectivity index (χ0) is 28.6. The third kappa shape index (κ3) is 2.14. The number of hydrogen-bond donors (Lipinski definition) is 1. The minimum absolute atomic E-state index is 0.0911. The standard InChI is InChI=1S/C17H20N2O2/c1-19-11-6-7-12(19)9-13(8-11)21-17(20)15-10-18-16-5-3-2-4-14(15)16/h2-5,10-13,18H,6-9H2,1H3/t11-,12+,13?/i1D3,3D,4D,6D2,7D2,8D2,9D2,11D,12D,13D. The summed E-state index contributed by atoms with van der Waals surface area (Å²) in [5.74, 6) is -1.64. The smallest absolute Gasteiger partial charge is 0.340 e. The quantitative estimate of drug-likeness (QED) is 0.867. The summed E-state index contributed by atoms with van der Waals surface area (Å²) in [4.78, 5) is 15.2. The van der Waals surface area contributed by atoms with Gasteiger partial charge in [0, 0.05) is 59.7 Å². The minimum Gasteiger partial charge on any atom is -0.459 e. The lowest BCUT2D eigenvalue weighted by Crippen LogP contribution is -2.43. The summed E-state index contributed by atoms with van der Waals surface area (Å²) in [5.41, 5.74) is -0.429. The molecule has 0 spiro atoms. The number of aromatic nitrogens is 1. The van der Waals surface area contributed by atoms with Crippen LogP contribution >= 0.6 is 0 Å². The van der Waals surface area contributed by atoms with Gasteiger partial charge in [-0.3, -0.25) is 0 Å². The van der Waals surface area contributed by atoms with Crippen molar-refractivity contribution in [2.45, 2.75) is 43.6 Å². The second-order valence-electron chi connectivity index (χ2n) is 4.34. The summed E-state index contributed by atoms with van der Waals surface area (Å²) in [6.07, 6.45) is -19.1. The maximum Gasteiger partial charge on any atom is 0.340 e. The van der Waals surface area contributed by atoms with Crippen LogP contribution in [0.3, 0.4) is 0 Å². The first kappa shape index (κ1) is 4.35. The lowest BCUT2D eigenvalue weighted by molar-refractivity contribution is -0.000258. The van der Waals surface area contributed by atoms with Crippen LogP contribution in [0.1, 0.15) is 57.8 Å². The van der Waals surface area contributed by atoms with E-state index in [9.17, 15) is 4.79 Å². The van der Waals surface area contributed by atoms with E-state index in [0.29, 0.717) is 0 Å². The number of rotatable bonds is 2. The summed E-state index contributed by atoms with van der Waals surface area (Å²) < 4.78 is 137. The number of ether oxygens (including phenoxy) is 1. The number of piperidine rings is 1. The molecule has 1 aromatic heterocycles. The third-order valence-electron chi connectivity index (χ3n) is 3.06. The highest BCUT2D eigenvalue weighted by molar-refractivity contribution is 6.04. The van der Waals surface area contributed by atoms with Crippen LogP contribution in [-0.4, -0.2) is 40.9 Å². The first-order chi connectivity index (χ1) is 16.4. The van der Waals surface area contributed by atoms with Crippen LogP contribution in [-0.2, 0) is 4.74 Å². The molecule has 1 N–H and O–H groups in total. The van der Waals surface area contributed by atoms with E-state index in [0.717, 1.165) is 12.3 Å². The molecule has 1 unspecified atom stereocenters. The van der Waals surface area contributed by atoms with Gasteiger partial charge in [-0.1, -0.05) is 18.2 Å². The molecule has 3 atom stereocenters. The molecule has 0 amide bonds. The molecule has 2 aliphatic rings. The molecule has 21 heavy (non-hydrogen) atoms. The van der Waals surface area contributed by atoms with Crippen molar-refractivity contribution in [3.63, 3.8) is 0 Å². The van der Waals surface area contributed by atoms with E-state index in [1.54, 1.807) is 0 Å². The van der Waals surface area contributed by atoms with E-state index in [2.05, 4.69) is 4.98 Å². The van der Waals surface area contributed by atoms with Crippen molar-refractivity contribution in [3.05, 3.63) is 36.0 Å². The van der Waals surface area contributed by atoms with Crippen LogP contribution in [0.15, 0.2) is 30.4 Å². The summed E-state index contributed by atoms with van der Waals surface area (Å²) in [6, 6.07) is -6.11. The summed E-state index contributed by atoms with van der Waals surface area (Å²) >= 11 is 0. The molecule has 2 bridgehead atoms. The first-order valence-corrected chi connectivity index (χ1v) is 6.02. The average molecular weight is 300 g/mol. The molecule has 0 aliphatic carbocycles. The van der Waals surface area contributed by atoms with Gasteiger partial charge in [-0.25, -0.2) is 4.79 Å². The molecule has 4 heteroatoms. The Labute approximate surface area is 146 Å². The predicted octanol–water partition coefficient (Wildman–Crippen LogP) is 2.95. The SMILES string of the molecule is [2H]c1cc([2H])c2c(C(=O)OC3([2H])C([2H])([2H])[C@]4([2H])N(C([2H])([2H])[2H])[C@]([2H])(C3([2H])[2H])C([2H])([2H])C4([2H])[2H])c[nH]c2c1. The van der Waals surface area contributed by atoms with E-state index in [1.807, 2.05) is 0 Å². The molecular weight excluding hydrogens is 264 g/mol. The van der Waals surface area contributed by atoms with Gasteiger partial charge in [0.05, 0.1) is 9.68 Å². The number of fused-ring (bicyclic) bond motifs is 3. The molecule has 2 aliphatic heterocycles. The molecular formula is C17H20N2O2. The van der Waals surface area contributed by atoms with E-state index in [-0.39, 0.29) is 23.0 Å². The van der Waals surface area contributed by atoms with Crippen LogP contribution in [0.4, 0.5) is 0 Å². The van der Waals surface area contributed by atoms with Crippen molar-refractivity contribution in [1.82, 2.24) is 9.88 Å². The van der Waals surface area contributed by atoms with Gasteiger partial charge in [0.1, 0.15) is 6.08 Å². The maximum absolute atomic E-state index is 13.2. The molecule has 1 aromatic carbocycles. The molecule has 4 nitrogen and oxygen atoms in total. The summed E-state index contributed by atoms with van der Waals surface area (Å²) in [6.45, 7) is -3.79. The Kier molecular flexibility index (Phi) is 1.01. The Morgan fingerprint density at radius 2 is 2.38 bits per heavy atom. The summed E-state index contributed by atoms with van der Waals surface area (Å²) in [5, 5.41) is -0.152. The molecule has 2 aromatic rings. The predicted molar refractivity (Wildman–Crippen MR) is 81.3 cm³/mol. The normalized spacial score (nSPS) is 60.8. The van der Waals surface area contributed by atoms with Crippen LogP contribution in [0.2, 0.25) is 0 Å². The average Bonchev–Trinajstić information content (AvgIpc) is 3.18. The molecule has 3 heterocycles. The van der Waals surface area contributed by atoms with Crippen LogP contribution in [0.5, 0.6) is 0 Å². The molecule has 0 saturated carbocycles. The van der Waals surface area contributed by atoms with Crippen molar-refractivity contribution in [3.8, 4) is 0 Å². The summed E-state index contributed by atoms with van der Waals surface area (Å²) in [7, 11) is 0. The Morgan fingerprint density at radius 3 is 3.14 bits per heavy atom. The minimum atomic E-state index is -4.10. The molecule has 2 fully saturated rings. The number of hydrogen-bond acceptors (Lipinski definition) is 3. The van der Waals surface area contributed by atoms with Gasteiger partial charge in [0.2, 0.25) is 0 Å². The number of H-pyrrole nitrogens is 1. The zero-order valence-electron chi connectivity index (χ0n) is 26.5. The number of carbonyl (C=O) groups is 1. The van der Waals surface area contributed by atoms with Gasteiger partial charge in [-0.15, -0.1) is 0 Å². The number of carbonyl (C=O) groups excluding carboxylic acids is 1. The molecule has 4 rings (SSSR count). The van der Waals surface area contributed by atoms with Crippen LogP contribution in [0.25, 0.3) is 10.9 Å². The number of aromatic amines is 1. The topological polar surface area (TPSA) is 45.3 Å². The van der Waals surface area contributed by atoms with E-state index >= 15 is 0 Å². The Bertz CT molecular complexity index is 1280. The van der Waals surface area contributed by atoms with E-state index in [1.165, 1.54) is 6.07 Å². The van der Waals surface area contributed by atoms with Gasteiger partial charge in [-0.05, 0) is 25.8 Å². The van der Waals surface area contributed by atoms with Gasteiger partial charge >= 0.3 is 5.97 Å². The Balaban J connectivity index is 1.99. The highest BCUT2D eigenvalue weighted by Gasteiger charge is 2.40. The second kappa shape index (κ2) is 4.88. The fourth-order valence-corrected chi connectivity index (χ4v) is 2.07. The Morgan fingerprint density at radius 1 is 1.57 bits per heavy atom. The van der Waals surface area contributed by atoms with E-state index < -0.39 is 67.0 Å². The fourth-order valence-electron chi connectivity index (χ4n) is 2.07. The van der Waals surface area contributed by atoms with Gasteiger partial charge in [0.15, 0.2) is 0 Å². The molecule has 0 radical (unpaired) electrons. The monoisotopic (exact) mass is 300 g/mol. The van der Waals surface area contributed by atoms with Crippen molar-refractivity contribution in [2.75, 3.05) is 6.98 Å². The lowest BCUT2D eigenvalue weighted by Gasteiger charge is -2.35.